The number of rotatable bonds is 8. The Labute approximate surface area is 208 Å². The third-order valence-electron chi connectivity index (χ3n) is 5.21. The number of ether oxygens (including phenoxy) is 1. The lowest BCUT2D eigenvalue weighted by molar-refractivity contribution is 0.0998. The number of carbonyl (C=O) groups excluding carboxylic acids is 1. The van der Waals surface area contributed by atoms with Crippen LogP contribution in [-0.4, -0.2) is 25.5 Å². The molecule has 180 valence electrons. The molecular weight excluding hydrogens is 482 g/mol. The second kappa shape index (κ2) is 10.3. The standard InChI is InChI=1S/C26H25N3O4S2/c1-4-16-29-23-15-12-19(33-5-2)17-24(23)34-26(29)27-25(30)21-8-6-7-9-22(21)28-35(31,32)20-13-10-18(3)11-14-20/h4,6-15,17,28H,1,5,16H2,2-3H3. The van der Waals surface area contributed by atoms with Gasteiger partial charge in [-0.15, -0.1) is 6.58 Å². The van der Waals surface area contributed by atoms with E-state index < -0.39 is 15.9 Å². The zero-order valence-corrected chi connectivity index (χ0v) is 21.0. The van der Waals surface area contributed by atoms with Gasteiger partial charge in [-0.3, -0.25) is 9.52 Å². The highest BCUT2D eigenvalue weighted by atomic mass is 32.2. The molecule has 0 aliphatic heterocycles. The van der Waals surface area contributed by atoms with Crippen LogP contribution < -0.4 is 14.3 Å². The zero-order chi connectivity index (χ0) is 25.0. The Kier molecular flexibility index (Phi) is 7.18. The monoisotopic (exact) mass is 507 g/mol. The van der Waals surface area contributed by atoms with Crippen LogP contribution in [0.25, 0.3) is 10.2 Å². The molecule has 0 aliphatic carbocycles. The van der Waals surface area contributed by atoms with Crippen LogP contribution in [0.1, 0.15) is 22.8 Å². The van der Waals surface area contributed by atoms with Gasteiger partial charge < -0.3 is 9.30 Å². The number of fused-ring (bicyclic) bond motifs is 1. The number of para-hydroxylation sites is 1. The van der Waals surface area contributed by atoms with E-state index in [1.54, 1.807) is 42.5 Å². The molecule has 0 aliphatic rings. The van der Waals surface area contributed by atoms with E-state index in [-0.39, 0.29) is 16.1 Å². The molecule has 35 heavy (non-hydrogen) atoms. The number of carbonyl (C=O) groups is 1. The second-order valence-electron chi connectivity index (χ2n) is 7.73. The van der Waals surface area contributed by atoms with Gasteiger partial charge in [0.25, 0.3) is 15.9 Å². The highest BCUT2D eigenvalue weighted by molar-refractivity contribution is 7.92. The number of aryl methyl sites for hydroxylation is 1. The number of thiazole rings is 1. The van der Waals surface area contributed by atoms with Crippen LogP contribution >= 0.6 is 11.3 Å². The Balaban J connectivity index is 1.74. The summed E-state index contributed by atoms with van der Waals surface area (Å²) in [4.78, 5) is 18.2. The number of nitrogens with one attached hydrogen (secondary N) is 1. The fourth-order valence-corrected chi connectivity index (χ4v) is 5.67. The molecule has 4 rings (SSSR count). The summed E-state index contributed by atoms with van der Waals surface area (Å²) in [6, 6.07) is 18.6. The van der Waals surface area contributed by atoms with Gasteiger partial charge in [0.2, 0.25) is 0 Å². The average molecular weight is 508 g/mol. The summed E-state index contributed by atoms with van der Waals surface area (Å²) >= 11 is 1.35. The summed E-state index contributed by atoms with van der Waals surface area (Å²) in [7, 11) is -3.88. The summed E-state index contributed by atoms with van der Waals surface area (Å²) in [5.41, 5.74) is 2.17. The van der Waals surface area contributed by atoms with Gasteiger partial charge in [-0.05, 0) is 56.3 Å². The minimum absolute atomic E-state index is 0.112. The van der Waals surface area contributed by atoms with Gasteiger partial charge in [0.05, 0.1) is 33.0 Å². The van der Waals surface area contributed by atoms with Crippen molar-refractivity contribution in [1.29, 1.82) is 0 Å². The first-order chi connectivity index (χ1) is 16.8. The molecule has 0 saturated heterocycles. The van der Waals surface area contributed by atoms with Crippen molar-refractivity contribution in [2.24, 2.45) is 4.99 Å². The molecule has 0 unspecified atom stereocenters. The molecule has 0 atom stereocenters. The highest BCUT2D eigenvalue weighted by Crippen LogP contribution is 2.25. The van der Waals surface area contributed by atoms with Gasteiger partial charge in [-0.1, -0.05) is 47.2 Å². The summed E-state index contributed by atoms with van der Waals surface area (Å²) < 4.78 is 36.7. The van der Waals surface area contributed by atoms with Crippen LogP contribution in [0.4, 0.5) is 5.69 Å². The summed E-state index contributed by atoms with van der Waals surface area (Å²) in [5, 5.41) is 0. The van der Waals surface area contributed by atoms with Gasteiger partial charge in [-0.2, -0.15) is 4.99 Å². The Bertz CT molecular complexity index is 1570. The number of nitrogens with zero attached hydrogens (tertiary/aromatic N) is 2. The van der Waals surface area contributed by atoms with Crippen molar-refractivity contribution >= 4 is 43.2 Å². The zero-order valence-electron chi connectivity index (χ0n) is 19.4. The van der Waals surface area contributed by atoms with E-state index in [2.05, 4.69) is 16.3 Å². The first-order valence-electron chi connectivity index (χ1n) is 11.0. The minimum Gasteiger partial charge on any atom is -0.494 e. The molecule has 0 spiro atoms. The Morgan fingerprint density at radius 1 is 1.14 bits per heavy atom. The van der Waals surface area contributed by atoms with Crippen LogP contribution in [0.5, 0.6) is 5.75 Å². The number of aromatic nitrogens is 1. The van der Waals surface area contributed by atoms with E-state index in [0.29, 0.717) is 18.0 Å². The SMILES string of the molecule is C=CCn1c(=NC(=O)c2ccccc2NS(=O)(=O)c2ccc(C)cc2)sc2cc(OCC)ccc21. The number of benzene rings is 3. The average Bonchev–Trinajstić information content (AvgIpc) is 3.16. The molecule has 1 heterocycles. The van der Waals surface area contributed by atoms with Gasteiger partial charge >= 0.3 is 0 Å². The van der Waals surface area contributed by atoms with Gasteiger partial charge in [0.15, 0.2) is 4.80 Å². The van der Waals surface area contributed by atoms with Crippen LogP contribution in [-0.2, 0) is 16.6 Å². The van der Waals surface area contributed by atoms with E-state index in [1.807, 2.05) is 36.6 Å². The number of allylic oxidation sites excluding steroid dienone is 1. The van der Waals surface area contributed by atoms with Crippen molar-refractivity contribution in [3.8, 4) is 5.75 Å². The molecule has 0 bridgehead atoms. The molecule has 7 nitrogen and oxygen atoms in total. The molecule has 0 saturated carbocycles. The topological polar surface area (TPSA) is 89.8 Å². The van der Waals surface area contributed by atoms with Crippen LogP contribution in [0.15, 0.2) is 89.3 Å². The van der Waals surface area contributed by atoms with Gasteiger partial charge in [0.1, 0.15) is 5.75 Å². The van der Waals surface area contributed by atoms with Crippen molar-refractivity contribution in [3.63, 3.8) is 0 Å². The van der Waals surface area contributed by atoms with E-state index in [0.717, 1.165) is 21.5 Å². The second-order valence-corrected chi connectivity index (χ2v) is 10.4. The molecule has 0 fully saturated rings. The van der Waals surface area contributed by atoms with E-state index in [4.69, 9.17) is 4.74 Å². The third kappa shape index (κ3) is 5.36. The summed E-state index contributed by atoms with van der Waals surface area (Å²) in [6.45, 7) is 8.62. The normalized spacial score (nSPS) is 12.0. The van der Waals surface area contributed by atoms with Crippen LogP contribution in [0.2, 0.25) is 0 Å². The first kappa shape index (κ1) is 24.4. The van der Waals surface area contributed by atoms with Crippen molar-refractivity contribution in [3.05, 3.63) is 95.3 Å². The van der Waals surface area contributed by atoms with Crippen molar-refractivity contribution < 1.29 is 17.9 Å². The van der Waals surface area contributed by atoms with E-state index >= 15 is 0 Å². The number of sulfonamides is 1. The van der Waals surface area contributed by atoms with E-state index in [9.17, 15) is 13.2 Å². The fourth-order valence-electron chi connectivity index (χ4n) is 3.53. The molecule has 3 aromatic carbocycles. The van der Waals surface area contributed by atoms with E-state index in [1.165, 1.54) is 23.5 Å². The number of amides is 1. The van der Waals surface area contributed by atoms with Gasteiger partial charge in [-0.25, -0.2) is 8.42 Å². The Morgan fingerprint density at radius 2 is 1.89 bits per heavy atom. The largest absolute Gasteiger partial charge is 0.494 e. The smallest absolute Gasteiger partial charge is 0.281 e. The molecule has 4 aromatic rings. The van der Waals surface area contributed by atoms with Crippen LogP contribution in [0, 0.1) is 6.92 Å². The maximum atomic E-state index is 13.2. The lowest BCUT2D eigenvalue weighted by atomic mass is 10.2. The maximum absolute atomic E-state index is 13.2. The Hall–Kier alpha value is -3.69. The van der Waals surface area contributed by atoms with Crippen LogP contribution in [0.3, 0.4) is 0 Å². The van der Waals surface area contributed by atoms with Gasteiger partial charge in [0, 0.05) is 6.54 Å². The maximum Gasteiger partial charge on any atom is 0.281 e. The first-order valence-corrected chi connectivity index (χ1v) is 13.3. The fraction of sp³-hybridized carbons (Fsp3) is 0.154. The van der Waals surface area contributed by atoms with Crippen molar-refractivity contribution in [2.75, 3.05) is 11.3 Å². The molecule has 1 aromatic heterocycles. The van der Waals surface area contributed by atoms with Crippen molar-refractivity contribution in [2.45, 2.75) is 25.3 Å². The Morgan fingerprint density at radius 3 is 2.60 bits per heavy atom. The lowest BCUT2D eigenvalue weighted by Crippen LogP contribution is -2.18. The number of hydrogen-bond donors (Lipinski definition) is 1. The number of hydrogen-bond acceptors (Lipinski definition) is 5. The predicted octanol–water partition coefficient (Wildman–Crippen LogP) is 5.14. The molecule has 1 amide bonds. The summed E-state index contributed by atoms with van der Waals surface area (Å²) in [6.07, 6.45) is 1.73. The molecule has 0 radical (unpaired) electrons. The molecule has 1 N–H and O–H groups in total. The molecular formula is C26H25N3O4S2. The predicted molar refractivity (Wildman–Crippen MR) is 140 cm³/mol. The number of anilines is 1. The quantitative estimate of drug-likeness (QED) is 0.335. The van der Waals surface area contributed by atoms with Crippen molar-refractivity contribution in [1.82, 2.24) is 4.57 Å². The highest BCUT2D eigenvalue weighted by Gasteiger charge is 2.19. The summed E-state index contributed by atoms with van der Waals surface area (Å²) in [5.74, 6) is 0.183. The minimum atomic E-state index is -3.88. The third-order valence-corrected chi connectivity index (χ3v) is 7.63. The lowest BCUT2D eigenvalue weighted by Gasteiger charge is -2.11. The molecule has 9 heteroatoms.